The third kappa shape index (κ3) is 4.13. The van der Waals surface area contributed by atoms with Gasteiger partial charge in [0.15, 0.2) is 11.2 Å². The molecule has 0 unspecified atom stereocenters. The number of allylic oxidation sites excluding steroid dienone is 1. The van der Waals surface area contributed by atoms with Crippen LogP contribution in [-0.2, 0) is 9.59 Å². The minimum Gasteiger partial charge on any atom is -0.437 e. The molecule has 144 valence electrons. The van der Waals surface area contributed by atoms with Crippen LogP contribution in [0.15, 0.2) is 34.4 Å². The first kappa shape index (κ1) is 19.0. The van der Waals surface area contributed by atoms with Crippen LogP contribution < -0.4 is 0 Å². The van der Waals surface area contributed by atoms with Crippen LogP contribution in [0, 0.1) is 0 Å². The Bertz CT molecular complexity index is 820. The van der Waals surface area contributed by atoms with Crippen LogP contribution in [0.3, 0.4) is 0 Å². The summed E-state index contributed by atoms with van der Waals surface area (Å²) in [5.41, 5.74) is 1.08. The monoisotopic (exact) mass is 376 g/mol. The van der Waals surface area contributed by atoms with E-state index in [0.29, 0.717) is 22.7 Å². The van der Waals surface area contributed by atoms with Crippen molar-refractivity contribution in [3.63, 3.8) is 0 Å². The van der Waals surface area contributed by atoms with Gasteiger partial charge in [-0.15, -0.1) is 0 Å². The Morgan fingerprint density at radius 2 is 2.37 bits per heavy atom. The van der Waals surface area contributed by atoms with Crippen LogP contribution in [0.5, 0.6) is 0 Å². The van der Waals surface area contributed by atoms with Gasteiger partial charge in [-0.3, -0.25) is 14.8 Å². The van der Waals surface area contributed by atoms with E-state index in [0.717, 1.165) is 6.42 Å². The van der Waals surface area contributed by atoms with Crippen molar-refractivity contribution in [1.82, 2.24) is 19.9 Å². The molecule has 2 aromatic rings. The summed E-state index contributed by atoms with van der Waals surface area (Å²) in [6.45, 7) is 1.57. The maximum absolute atomic E-state index is 14.2. The molecule has 1 aliphatic heterocycles. The number of pyridine rings is 1. The fourth-order valence-electron chi connectivity index (χ4n) is 3.11. The second kappa shape index (κ2) is 8.26. The van der Waals surface area contributed by atoms with Crippen molar-refractivity contribution in [3.8, 4) is 0 Å². The minimum atomic E-state index is -1.22. The van der Waals surface area contributed by atoms with Gasteiger partial charge >= 0.3 is 0 Å². The number of likely N-dealkylation sites (tertiary alicyclic amines) is 1. The molecule has 1 saturated heterocycles. The van der Waals surface area contributed by atoms with E-state index < -0.39 is 18.1 Å². The van der Waals surface area contributed by atoms with Crippen molar-refractivity contribution in [2.45, 2.75) is 38.4 Å². The minimum absolute atomic E-state index is 0.0656. The van der Waals surface area contributed by atoms with E-state index in [-0.39, 0.29) is 37.4 Å². The molecule has 8 nitrogen and oxygen atoms in total. The van der Waals surface area contributed by atoms with Gasteiger partial charge < -0.3 is 9.32 Å². The van der Waals surface area contributed by atoms with E-state index in [1.165, 1.54) is 4.90 Å². The molecule has 0 saturated carbocycles. The van der Waals surface area contributed by atoms with Crippen LogP contribution in [0.25, 0.3) is 11.2 Å². The Labute approximate surface area is 155 Å². The van der Waals surface area contributed by atoms with Crippen molar-refractivity contribution < 1.29 is 23.6 Å². The lowest BCUT2D eigenvalue weighted by Gasteiger charge is -2.24. The van der Waals surface area contributed by atoms with Crippen molar-refractivity contribution in [1.29, 1.82) is 0 Å². The number of halogens is 1. The molecule has 0 aliphatic carbocycles. The highest BCUT2D eigenvalue weighted by atomic mass is 19.1. The van der Waals surface area contributed by atoms with Gasteiger partial charge in [-0.05, 0) is 18.6 Å². The zero-order chi connectivity index (χ0) is 19.4. The van der Waals surface area contributed by atoms with Crippen LogP contribution >= 0.6 is 0 Å². The quantitative estimate of drug-likeness (QED) is 0.345. The number of oxazole rings is 1. The van der Waals surface area contributed by atoms with Gasteiger partial charge in [0.25, 0.3) is 5.91 Å². The highest BCUT2D eigenvalue weighted by Crippen LogP contribution is 2.35. The lowest BCUT2D eigenvalue weighted by atomic mass is 10.1. The number of hydrogen-bond donors (Lipinski definition) is 1. The SMILES string of the molecule is CCC/C=C(/CN(O)C=O)C(=O)N1C[C@H](F)C[C@H]1c1nc2ncccc2o1. The summed E-state index contributed by atoms with van der Waals surface area (Å²) in [6.07, 6.45) is 3.68. The molecule has 27 heavy (non-hydrogen) atoms. The zero-order valence-electron chi connectivity index (χ0n) is 14.9. The summed E-state index contributed by atoms with van der Waals surface area (Å²) in [5, 5.41) is 9.88. The number of aromatic nitrogens is 2. The summed E-state index contributed by atoms with van der Waals surface area (Å²) in [4.78, 5) is 33.5. The summed E-state index contributed by atoms with van der Waals surface area (Å²) < 4.78 is 19.8. The van der Waals surface area contributed by atoms with Gasteiger partial charge in [0.05, 0.1) is 13.1 Å². The Hall–Kier alpha value is -2.81. The Kier molecular flexibility index (Phi) is 5.80. The maximum Gasteiger partial charge on any atom is 0.252 e. The fourth-order valence-corrected chi connectivity index (χ4v) is 3.11. The molecule has 9 heteroatoms. The molecule has 2 amide bonds. The molecule has 0 spiro atoms. The van der Waals surface area contributed by atoms with Crippen LogP contribution in [0.2, 0.25) is 0 Å². The molecule has 2 aromatic heterocycles. The summed E-state index contributed by atoms with van der Waals surface area (Å²) in [5.74, 6) is -0.229. The fraction of sp³-hybridized carbons (Fsp3) is 0.444. The molecule has 1 fully saturated rings. The van der Waals surface area contributed by atoms with Gasteiger partial charge in [0, 0.05) is 18.2 Å². The smallest absolute Gasteiger partial charge is 0.252 e. The third-order valence-corrected chi connectivity index (χ3v) is 4.39. The summed E-state index contributed by atoms with van der Waals surface area (Å²) >= 11 is 0. The molecule has 3 heterocycles. The number of alkyl halides is 1. The molecule has 2 atom stereocenters. The predicted molar refractivity (Wildman–Crippen MR) is 93.3 cm³/mol. The predicted octanol–water partition coefficient (Wildman–Crippen LogP) is 2.41. The molecule has 0 bridgehead atoms. The number of amides is 2. The number of rotatable bonds is 7. The lowest BCUT2D eigenvalue weighted by Crippen LogP contribution is -2.36. The number of nitrogens with zero attached hydrogens (tertiary/aromatic N) is 4. The topological polar surface area (TPSA) is 99.8 Å². The second-order valence-electron chi connectivity index (χ2n) is 6.40. The molecule has 1 aliphatic rings. The first-order chi connectivity index (χ1) is 13.0. The lowest BCUT2D eigenvalue weighted by molar-refractivity contribution is -0.148. The summed E-state index contributed by atoms with van der Waals surface area (Å²) in [7, 11) is 0. The highest BCUT2D eigenvalue weighted by Gasteiger charge is 2.40. The molecular weight excluding hydrogens is 355 g/mol. The maximum atomic E-state index is 14.2. The molecule has 3 rings (SSSR count). The molecule has 0 aromatic carbocycles. The van der Waals surface area contributed by atoms with Gasteiger partial charge in [0.1, 0.15) is 12.2 Å². The number of carbonyl (C=O) groups excluding carboxylic acids is 2. The van der Waals surface area contributed by atoms with E-state index in [1.807, 2.05) is 6.92 Å². The van der Waals surface area contributed by atoms with Crippen molar-refractivity contribution >= 4 is 23.5 Å². The van der Waals surface area contributed by atoms with Gasteiger partial charge in [0.2, 0.25) is 12.3 Å². The van der Waals surface area contributed by atoms with E-state index >= 15 is 0 Å². The highest BCUT2D eigenvalue weighted by molar-refractivity contribution is 5.94. The number of hydroxylamine groups is 2. The largest absolute Gasteiger partial charge is 0.437 e. The third-order valence-electron chi connectivity index (χ3n) is 4.39. The number of carbonyl (C=O) groups is 2. The zero-order valence-corrected chi connectivity index (χ0v) is 14.9. The standard InChI is InChI=1S/C18H21FN4O4/c1-2-3-5-12(9-22(26)11-24)18(25)23-10-13(19)8-14(23)17-21-16-15(27-17)6-4-7-20-16/h4-7,11,13-14,26H,2-3,8-10H2,1H3/b12-5-/t13-,14+/m1/s1. The second-order valence-corrected chi connectivity index (χ2v) is 6.40. The summed E-state index contributed by atoms with van der Waals surface area (Å²) in [6, 6.07) is 2.73. The van der Waals surface area contributed by atoms with Crippen molar-refractivity contribution in [3.05, 3.63) is 35.9 Å². The number of hydrogen-bond acceptors (Lipinski definition) is 6. The van der Waals surface area contributed by atoms with E-state index in [9.17, 15) is 19.2 Å². The first-order valence-corrected chi connectivity index (χ1v) is 8.79. The number of fused-ring (bicyclic) bond motifs is 1. The average molecular weight is 376 g/mol. The Morgan fingerprint density at radius 1 is 1.56 bits per heavy atom. The van der Waals surface area contributed by atoms with Crippen molar-refractivity contribution in [2.75, 3.05) is 13.1 Å². The molecule has 1 N–H and O–H groups in total. The van der Waals surface area contributed by atoms with Crippen LogP contribution in [-0.4, -0.2) is 56.7 Å². The molecule has 0 radical (unpaired) electrons. The van der Waals surface area contributed by atoms with Crippen LogP contribution in [0.1, 0.15) is 38.1 Å². The van der Waals surface area contributed by atoms with E-state index in [2.05, 4.69) is 9.97 Å². The Balaban J connectivity index is 1.89. The van der Waals surface area contributed by atoms with E-state index in [1.54, 1.807) is 24.4 Å². The Morgan fingerprint density at radius 3 is 3.07 bits per heavy atom. The number of unbranched alkanes of at least 4 members (excludes halogenated alkanes) is 1. The first-order valence-electron chi connectivity index (χ1n) is 8.79. The average Bonchev–Trinajstić information content (AvgIpc) is 3.27. The normalized spacial score (nSPS) is 20.3. The van der Waals surface area contributed by atoms with Gasteiger partial charge in [-0.25, -0.2) is 14.4 Å². The molecular formula is C18H21FN4O4. The van der Waals surface area contributed by atoms with Crippen molar-refractivity contribution in [2.24, 2.45) is 0 Å². The van der Waals surface area contributed by atoms with Crippen LogP contribution in [0.4, 0.5) is 4.39 Å². The van der Waals surface area contributed by atoms with Gasteiger partial charge in [-0.2, -0.15) is 4.98 Å². The van der Waals surface area contributed by atoms with E-state index in [4.69, 9.17) is 4.42 Å². The van der Waals surface area contributed by atoms with Gasteiger partial charge in [-0.1, -0.05) is 19.4 Å².